The zero-order valence-electron chi connectivity index (χ0n) is 17.2. The second kappa shape index (κ2) is 8.58. The van der Waals surface area contributed by atoms with Crippen LogP contribution in [0.4, 0.5) is 5.69 Å². The highest BCUT2D eigenvalue weighted by Crippen LogP contribution is 2.25. The largest absolute Gasteiger partial charge is 0.379 e. The molecule has 1 fully saturated rings. The van der Waals surface area contributed by atoms with E-state index in [0.717, 1.165) is 5.56 Å². The van der Waals surface area contributed by atoms with Gasteiger partial charge in [-0.3, -0.25) is 4.79 Å². The molecule has 1 amide bonds. The second-order valence-electron chi connectivity index (χ2n) is 7.17. The summed E-state index contributed by atoms with van der Waals surface area (Å²) in [5.41, 5.74) is 2.32. The fourth-order valence-corrected chi connectivity index (χ4v) is 4.64. The van der Waals surface area contributed by atoms with Gasteiger partial charge in [-0.2, -0.15) is 9.29 Å². The number of amides is 1. The Kier molecular flexibility index (Phi) is 5.86. The number of sulfonamides is 1. The van der Waals surface area contributed by atoms with Crippen LogP contribution in [0.25, 0.3) is 11.5 Å². The van der Waals surface area contributed by atoms with Crippen LogP contribution in [0.1, 0.15) is 21.7 Å². The number of rotatable bonds is 5. The first-order valence-electron chi connectivity index (χ1n) is 9.75. The molecule has 2 aromatic carbocycles. The molecular weight excluding hydrogens is 420 g/mol. The number of hydrogen-bond acceptors (Lipinski definition) is 7. The number of morpholine rings is 1. The molecule has 4 rings (SSSR count). The van der Waals surface area contributed by atoms with E-state index in [1.165, 1.54) is 10.4 Å². The number of nitrogens with one attached hydrogen (secondary N) is 1. The third-order valence-corrected chi connectivity index (χ3v) is 6.88. The van der Waals surface area contributed by atoms with Crippen molar-refractivity contribution in [3.63, 3.8) is 0 Å². The number of benzene rings is 2. The van der Waals surface area contributed by atoms with Gasteiger partial charge in [0.2, 0.25) is 10.0 Å². The summed E-state index contributed by atoms with van der Waals surface area (Å²) in [6.07, 6.45) is 0. The standard InChI is InChI=1S/C21H22N4O5S/c1-14-3-8-18(31(27,28)25-9-11-29-12-10-25)13-19(14)23-20(26)16-4-6-17(7-5-16)21-22-15(2)24-30-21/h3-8,13H,9-12H2,1-2H3,(H,23,26). The van der Waals surface area contributed by atoms with Crippen molar-refractivity contribution in [2.45, 2.75) is 18.7 Å². The Morgan fingerprint density at radius 2 is 1.77 bits per heavy atom. The van der Waals surface area contributed by atoms with Crippen molar-refractivity contribution >= 4 is 21.6 Å². The molecule has 0 radical (unpaired) electrons. The normalized spacial score (nSPS) is 15.0. The van der Waals surface area contributed by atoms with Gasteiger partial charge in [0, 0.05) is 29.9 Å². The molecule has 0 saturated carbocycles. The third kappa shape index (κ3) is 4.50. The molecule has 1 saturated heterocycles. The molecule has 0 aliphatic carbocycles. The van der Waals surface area contributed by atoms with Crippen LogP contribution in [0.2, 0.25) is 0 Å². The molecule has 1 aliphatic heterocycles. The number of aryl methyl sites for hydroxylation is 2. The van der Waals surface area contributed by atoms with E-state index in [2.05, 4.69) is 15.5 Å². The van der Waals surface area contributed by atoms with Gasteiger partial charge in [-0.15, -0.1) is 0 Å². The number of ether oxygens (including phenoxy) is 1. The molecule has 162 valence electrons. The highest BCUT2D eigenvalue weighted by Gasteiger charge is 2.27. The molecule has 0 unspecified atom stereocenters. The van der Waals surface area contributed by atoms with E-state index in [9.17, 15) is 13.2 Å². The lowest BCUT2D eigenvalue weighted by Crippen LogP contribution is -2.40. The van der Waals surface area contributed by atoms with E-state index < -0.39 is 10.0 Å². The van der Waals surface area contributed by atoms with Crippen LogP contribution in [-0.2, 0) is 14.8 Å². The summed E-state index contributed by atoms with van der Waals surface area (Å²) in [7, 11) is -3.66. The minimum atomic E-state index is -3.66. The van der Waals surface area contributed by atoms with Crippen molar-refractivity contribution in [1.29, 1.82) is 0 Å². The van der Waals surface area contributed by atoms with Crippen LogP contribution in [-0.4, -0.2) is 55.1 Å². The SMILES string of the molecule is Cc1noc(-c2ccc(C(=O)Nc3cc(S(=O)(=O)N4CCOCC4)ccc3C)cc2)n1. The zero-order chi connectivity index (χ0) is 22.0. The fraction of sp³-hybridized carbons (Fsp3) is 0.286. The fourth-order valence-electron chi connectivity index (χ4n) is 3.21. The van der Waals surface area contributed by atoms with Crippen LogP contribution in [0.5, 0.6) is 0 Å². The number of nitrogens with zero attached hydrogens (tertiary/aromatic N) is 3. The van der Waals surface area contributed by atoms with E-state index >= 15 is 0 Å². The van der Waals surface area contributed by atoms with Gasteiger partial charge in [0.15, 0.2) is 5.82 Å². The maximum absolute atomic E-state index is 12.9. The molecule has 1 N–H and O–H groups in total. The molecule has 1 aliphatic rings. The highest BCUT2D eigenvalue weighted by molar-refractivity contribution is 7.89. The second-order valence-corrected chi connectivity index (χ2v) is 9.11. The Morgan fingerprint density at radius 3 is 2.42 bits per heavy atom. The van der Waals surface area contributed by atoms with Crippen LogP contribution in [0.3, 0.4) is 0 Å². The number of anilines is 1. The third-order valence-electron chi connectivity index (χ3n) is 4.99. The minimum Gasteiger partial charge on any atom is -0.379 e. The average molecular weight is 442 g/mol. The van der Waals surface area contributed by atoms with Gasteiger partial charge in [0.1, 0.15) is 0 Å². The Labute approximate surface area is 180 Å². The van der Waals surface area contributed by atoms with Crippen molar-refractivity contribution < 1.29 is 22.5 Å². The van der Waals surface area contributed by atoms with E-state index in [4.69, 9.17) is 9.26 Å². The van der Waals surface area contributed by atoms with E-state index in [1.54, 1.807) is 43.3 Å². The molecule has 31 heavy (non-hydrogen) atoms. The van der Waals surface area contributed by atoms with Crippen molar-refractivity contribution in [3.8, 4) is 11.5 Å². The molecule has 1 aromatic heterocycles. The first-order chi connectivity index (χ1) is 14.8. The Bertz CT molecular complexity index is 1200. The van der Waals surface area contributed by atoms with Crippen LogP contribution in [0.15, 0.2) is 51.9 Å². The summed E-state index contributed by atoms with van der Waals surface area (Å²) in [6, 6.07) is 11.5. The number of hydrogen-bond donors (Lipinski definition) is 1. The summed E-state index contributed by atoms with van der Waals surface area (Å²) in [4.78, 5) is 17.0. The molecule has 0 bridgehead atoms. The summed E-state index contributed by atoms with van der Waals surface area (Å²) < 4.78 is 37.6. The van der Waals surface area contributed by atoms with Gasteiger partial charge in [-0.25, -0.2) is 8.42 Å². The predicted octanol–water partition coefficient (Wildman–Crippen LogP) is 2.63. The number of aromatic nitrogens is 2. The van der Waals surface area contributed by atoms with Gasteiger partial charge in [0.05, 0.1) is 18.1 Å². The van der Waals surface area contributed by atoms with Gasteiger partial charge >= 0.3 is 0 Å². The Balaban J connectivity index is 1.53. The predicted molar refractivity (Wildman–Crippen MR) is 113 cm³/mol. The summed E-state index contributed by atoms with van der Waals surface area (Å²) in [6.45, 7) is 4.89. The van der Waals surface area contributed by atoms with Crippen LogP contribution >= 0.6 is 0 Å². The average Bonchev–Trinajstić information content (AvgIpc) is 3.22. The molecule has 3 aromatic rings. The minimum absolute atomic E-state index is 0.136. The molecule has 2 heterocycles. The van der Waals surface area contributed by atoms with Crippen molar-refractivity contribution in [2.24, 2.45) is 0 Å². The smallest absolute Gasteiger partial charge is 0.257 e. The topological polar surface area (TPSA) is 115 Å². The van der Waals surface area contributed by atoms with Crippen LogP contribution in [0, 0.1) is 13.8 Å². The molecule has 0 atom stereocenters. The van der Waals surface area contributed by atoms with Gasteiger partial charge in [0.25, 0.3) is 11.8 Å². The summed E-state index contributed by atoms with van der Waals surface area (Å²) in [5.74, 6) is 0.554. The lowest BCUT2D eigenvalue weighted by Gasteiger charge is -2.26. The van der Waals surface area contributed by atoms with Gasteiger partial charge in [-0.1, -0.05) is 11.2 Å². The monoisotopic (exact) mass is 442 g/mol. The lowest BCUT2D eigenvalue weighted by molar-refractivity contribution is 0.0730. The molecule has 9 nitrogen and oxygen atoms in total. The molecular formula is C21H22N4O5S. The summed E-state index contributed by atoms with van der Waals surface area (Å²) in [5, 5.41) is 6.56. The quantitative estimate of drug-likeness (QED) is 0.646. The number of carbonyl (C=O) groups excluding carboxylic acids is 1. The Hall–Kier alpha value is -3.08. The van der Waals surface area contributed by atoms with Crippen molar-refractivity contribution in [2.75, 3.05) is 31.6 Å². The summed E-state index contributed by atoms with van der Waals surface area (Å²) >= 11 is 0. The van der Waals surface area contributed by atoms with Crippen LogP contribution < -0.4 is 5.32 Å². The van der Waals surface area contributed by atoms with E-state index in [-0.39, 0.29) is 10.8 Å². The number of carbonyl (C=O) groups is 1. The molecule has 10 heteroatoms. The van der Waals surface area contributed by atoms with Crippen molar-refractivity contribution in [1.82, 2.24) is 14.4 Å². The highest BCUT2D eigenvalue weighted by atomic mass is 32.2. The van der Waals surface area contributed by atoms with Gasteiger partial charge in [-0.05, 0) is 55.8 Å². The molecule has 0 spiro atoms. The zero-order valence-corrected chi connectivity index (χ0v) is 18.0. The maximum Gasteiger partial charge on any atom is 0.257 e. The first kappa shape index (κ1) is 21.2. The van der Waals surface area contributed by atoms with E-state index in [0.29, 0.717) is 54.8 Å². The Morgan fingerprint density at radius 1 is 1.06 bits per heavy atom. The van der Waals surface area contributed by atoms with Gasteiger partial charge < -0.3 is 14.6 Å². The van der Waals surface area contributed by atoms with Crippen molar-refractivity contribution in [3.05, 3.63) is 59.4 Å². The maximum atomic E-state index is 12.9. The van der Waals surface area contributed by atoms with E-state index in [1.807, 2.05) is 6.92 Å². The first-order valence-corrected chi connectivity index (χ1v) is 11.2. The lowest BCUT2D eigenvalue weighted by atomic mass is 10.1.